The number of piperidine rings is 2. The first-order valence-corrected chi connectivity index (χ1v) is 15.0. The van der Waals surface area contributed by atoms with E-state index in [2.05, 4.69) is 10.2 Å². The minimum Gasteiger partial charge on any atom is -0.453 e. The average Bonchev–Trinajstić information content (AvgIpc) is 3.28. The first-order chi connectivity index (χ1) is 20.0. The van der Waals surface area contributed by atoms with Crippen LogP contribution >= 0.6 is 0 Å². The summed E-state index contributed by atoms with van der Waals surface area (Å²) < 4.78 is 49.2. The molecule has 3 saturated heterocycles. The second-order valence-corrected chi connectivity index (χ2v) is 12.4. The van der Waals surface area contributed by atoms with Gasteiger partial charge in [-0.15, -0.1) is 0 Å². The van der Waals surface area contributed by atoms with E-state index < -0.39 is 17.3 Å². The van der Waals surface area contributed by atoms with Crippen LogP contribution in [0.25, 0.3) is 0 Å². The van der Waals surface area contributed by atoms with E-state index in [9.17, 15) is 27.6 Å². The van der Waals surface area contributed by atoms with Crippen molar-refractivity contribution in [3.05, 3.63) is 35.4 Å². The molecular weight excluding hydrogens is 553 g/mol. The number of amides is 3. The molecule has 1 N–H and O–H groups in total. The summed E-state index contributed by atoms with van der Waals surface area (Å²) in [5.41, 5.74) is -0.320. The van der Waals surface area contributed by atoms with E-state index >= 15 is 0 Å². The summed E-state index contributed by atoms with van der Waals surface area (Å²) in [5, 5.41) is 3.18. The maximum atomic E-state index is 12.9. The number of carbonyl (C=O) groups excluding carboxylic acids is 3. The molecule has 3 aliphatic heterocycles. The molecule has 1 saturated carbocycles. The fourth-order valence-corrected chi connectivity index (χ4v) is 6.84. The number of alkyl halides is 3. The number of likely N-dealkylation sites (tertiary alicyclic amines) is 2. The fourth-order valence-electron chi connectivity index (χ4n) is 6.84. The Kier molecular flexibility index (Phi) is 9.20. The van der Waals surface area contributed by atoms with Gasteiger partial charge in [0.15, 0.2) is 0 Å². The zero-order valence-electron chi connectivity index (χ0n) is 24.2. The van der Waals surface area contributed by atoms with E-state index in [1.54, 1.807) is 4.90 Å². The maximum absolute atomic E-state index is 12.9. The monoisotopic (exact) mass is 594 g/mol. The van der Waals surface area contributed by atoms with Crippen LogP contribution in [0.15, 0.2) is 24.3 Å². The Balaban J connectivity index is 1.02. The highest BCUT2D eigenvalue weighted by atomic mass is 19.4. The Morgan fingerprint density at radius 2 is 1.64 bits per heavy atom. The fraction of sp³-hybridized carbons (Fsp3) is 0.700. The van der Waals surface area contributed by atoms with Crippen LogP contribution in [0.2, 0.25) is 0 Å². The lowest BCUT2D eigenvalue weighted by Gasteiger charge is -2.37. The normalized spacial score (nSPS) is 25.4. The molecule has 0 atom stereocenters. The van der Waals surface area contributed by atoms with Crippen LogP contribution in [-0.4, -0.2) is 90.8 Å². The van der Waals surface area contributed by atoms with E-state index in [1.807, 2.05) is 4.90 Å². The Morgan fingerprint density at radius 3 is 2.24 bits per heavy atom. The highest BCUT2D eigenvalue weighted by Crippen LogP contribution is 2.37. The molecule has 1 aliphatic carbocycles. The number of nitrogens with zero attached hydrogens (tertiary/aromatic N) is 3. The van der Waals surface area contributed by atoms with Crippen molar-refractivity contribution >= 4 is 18.1 Å². The SMILES string of the molecule is COC(=O)N1CCC(NC(=O)C2CCC(CN3CC4(CCN(Cc5ccc(C(F)(F)F)cc5)CC4)OC3=O)CC2)CC1. The number of hydrogen-bond donors (Lipinski definition) is 1. The van der Waals surface area contributed by atoms with Crippen molar-refractivity contribution in [2.75, 3.05) is 46.4 Å². The summed E-state index contributed by atoms with van der Waals surface area (Å²) in [5.74, 6) is 0.401. The van der Waals surface area contributed by atoms with Gasteiger partial charge in [0.05, 0.1) is 19.2 Å². The van der Waals surface area contributed by atoms with Crippen molar-refractivity contribution in [3.8, 4) is 0 Å². The number of ether oxygens (including phenoxy) is 2. The van der Waals surface area contributed by atoms with E-state index in [0.29, 0.717) is 64.6 Å². The van der Waals surface area contributed by atoms with Crippen LogP contribution in [0, 0.1) is 11.8 Å². The van der Waals surface area contributed by atoms with Crippen molar-refractivity contribution in [3.63, 3.8) is 0 Å². The summed E-state index contributed by atoms with van der Waals surface area (Å²) in [4.78, 5) is 43.0. The largest absolute Gasteiger partial charge is 0.453 e. The zero-order valence-corrected chi connectivity index (χ0v) is 24.2. The summed E-state index contributed by atoms with van der Waals surface area (Å²) in [6, 6.07) is 5.37. The summed E-state index contributed by atoms with van der Waals surface area (Å²) in [7, 11) is 1.37. The van der Waals surface area contributed by atoms with Gasteiger partial charge in [0.2, 0.25) is 5.91 Å². The molecule has 3 amide bonds. The Hall–Kier alpha value is -3.02. The van der Waals surface area contributed by atoms with E-state index in [4.69, 9.17) is 9.47 Å². The third kappa shape index (κ3) is 7.30. The topological polar surface area (TPSA) is 91.4 Å². The van der Waals surface area contributed by atoms with Crippen LogP contribution in [0.4, 0.5) is 22.8 Å². The Labute approximate surface area is 244 Å². The number of benzene rings is 1. The number of hydrogen-bond acceptors (Lipinski definition) is 6. The van der Waals surface area contributed by atoms with Crippen molar-refractivity contribution < 1.29 is 37.0 Å². The van der Waals surface area contributed by atoms with Gasteiger partial charge in [-0.2, -0.15) is 13.2 Å². The number of rotatable bonds is 6. The predicted molar refractivity (Wildman–Crippen MR) is 147 cm³/mol. The van der Waals surface area contributed by atoms with Crippen molar-refractivity contribution in [2.24, 2.45) is 11.8 Å². The number of halogens is 3. The molecule has 42 heavy (non-hydrogen) atoms. The van der Waals surface area contributed by atoms with Gasteiger partial charge in [-0.3, -0.25) is 9.69 Å². The van der Waals surface area contributed by atoms with E-state index in [1.165, 1.54) is 19.2 Å². The molecule has 5 rings (SSSR count). The molecule has 1 spiro atoms. The minimum absolute atomic E-state index is 0.0225. The van der Waals surface area contributed by atoms with Gasteiger partial charge >= 0.3 is 18.4 Å². The summed E-state index contributed by atoms with van der Waals surface area (Å²) in [6.07, 6.45) is 1.26. The summed E-state index contributed by atoms with van der Waals surface area (Å²) in [6.45, 7) is 4.34. The first kappa shape index (κ1) is 30.4. The van der Waals surface area contributed by atoms with Gasteiger partial charge in [-0.05, 0) is 62.1 Å². The van der Waals surface area contributed by atoms with Crippen LogP contribution in [0.1, 0.15) is 62.5 Å². The highest BCUT2D eigenvalue weighted by molar-refractivity contribution is 5.79. The minimum atomic E-state index is -4.34. The van der Waals surface area contributed by atoms with Crippen molar-refractivity contribution in [1.29, 1.82) is 0 Å². The quantitative estimate of drug-likeness (QED) is 0.516. The highest BCUT2D eigenvalue weighted by Gasteiger charge is 2.47. The standard InChI is InChI=1S/C30H41F3N4O5/c1-41-27(39)36-14-10-25(11-15-36)34-26(38)23-6-2-22(3-7-23)19-37-20-29(42-28(37)40)12-16-35(17-13-29)18-21-4-8-24(9-5-21)30(31,32)33/h4-5,8-9,22-23,25H,2-3,6-7,10-20H2,1H3,(H,34,38). The number of nitrogens with one attached hydrogen (secondary N) is 1. The van der Waals surface area contributed by atoms with E-state index in [0.717, 1.165) is 56.2 Å². The van der Waals surface area contributed by atoms with Crippen LogP contribution in [-0.2, 0) is 27.0 Å². The molecule has 232 valence electrons. The number of carbonyl (C=O) groups is 3. The smallest absolute Gasteiger partial charge is 0.416 e. The molecule has 12 heteroatoms. The molecule has 0 aromatic heterocycles. The number of methoxy groups -OCH3 is 1. The van der Waals surface area contributed by atoms with Crippen molar-refractivity contribution in [1.82, 2.24) is 20.0 Å². The molecule has 9 nitrogen and oxygen atoms in total. The molecule has 0 bridgehead atoms. The molecule has 1 aromatic rings. The maximum Gasteiger partial charge on any atom is 0.416 e. The molecular formula is C30H41F3N4O5. The first-order valence-electron chi connectivity index (χ1n) is 15.0. The third-order valence-electron chi connectivity index (χ3n) is 9.47. The average molecular weight is 595 g/mol. The van der Waals surface area contributed by atoms with Gasteiger partial charge in [-0.1, -0.05) is 12.1 Å². The molecule has 3 heterocycles. The van der Waals surface area contributed by atoms with Gasteiger partial charge in [-0.25, -0.2) is 9.59 Å². The van der Waals surface area contributed by atoms with Crippen molar-refractivity contribution in [2.45, 2.75) is 75.7 Å². The second kappa shape index (κ2) is 12.7. The molecule has 0 unspecified atom stereocenters. The van der Waals surface area contributed by atoms with Crippen LogP contribution in [0.3, 0.4) is 0 Å². The zero-order chi connectivity index (χ0) is 29.9. The van der Waals surface area contributed by atoms with Crippen LogP contribution < -0.4 is 5.32 Å². The van der Waals surface area contributed by atoms with Gasteiger partial charge in [0.25, 0.3) is 0 Å². The van der Waals surface area contributed by atoms with E-state index in [-0.39, 0.29) is 30.1 Å². The lowest BCUT2D eigenvalue weighted by atomic mass is 9.81. The Morgan fingerprint density at radius 1 is 1.00 bits per heavy atom. The second-order valence-electron chi connectivity index (χ2n) is 12.4. The lowest BCUT2D eigenvalue weighted by Crippen LogP contribution is -2.48. The third-order valence-corrected chi connectivity index (χ3v) is 9.47. The van der Waals surface area contributed by atoms with Crippen LogP contribution in [0.5, 0.6) is 0 Å². The van der Waals surface area contributed by atoms with Gasteiger partial charge in [0.1, 0.15) is 5.60 Å². The molecule has 1 aromatic carbocycles. The predicted octanol–water partition coefficient (Wildman–Crippen LogP) is 4.65. The molecule has 4 aliphatic rings. The lowest BCUT2D eigenvalue weighted by molar-refractivity contribution is -0.137. The summed E-state index contributed by atoms with van der Waals surface area (Å²) >= 11 is 0. The molecule has 4 fully saturated rings. The Bertz CT molecular complexity index is 1110. The molecule has 0 radical (unpaired) electrons. The van der Waals surface area contributed by atoms with Gasteiger partial charge in [0, 0.05) is 64.1 Å². The van der Waals surface area contributed by atoms with Gasteiger partial charge < -0.3 is 24.6 Å².